The molecule has 0 aliphatic rings. The van der Waals surface area contributed by atoms with Gasteiger partial charge in [0.2, 0.25) is 5.78 Å². The van der Waals surface area contributed by atoms with Gasteiger partial charge in [-0.05, 0) is 30.7 Å². The van der Waals surface area contributed by atoms with E-state index >= 15 is 0 Å². The van der Waals surface area contributed by atoms with Crippen molar-refractivity contribution in [2.75, 3.05) is 11.9 Å². The highest BCUT2D eigenvalue weighted by Gasteiger charge is 2.11. The Hall–Kier alpha value is -2.56. The van der Waals surface area contributed by atoms with E-state index in [1.54, 1.807) is 12.5 Å². The Kier molecular flexibility index (Phi) is 22.4. The van der Waals surface area contributed by atoms with Crippen molar-refractivity contribution in [3.05, 3.63) is 36.2 Å². The molecule has 0 aliphatic carbocycles. The van der Waals surface area contributed by atoms with E-state index in [2.05, 4.69) is 10.3 Å². The molecular formula is C23H40N2O3. The number of carbonyl (C=O) groups excluding carboxylic acids is 2. The molecule has 28 heavy (non-hydrogen) atoms. The molecule has 2 N–H and O–H groups in total. The monoisotopic (exact) mass is 392 g/mol. The Labute approximate surface area is 171 Å². The lowest BCUT2D eigenvalue weighted by atomic mass is 10.1. The summed E-state index contributed by atoms with van der Waals surface area (Å²) in [5, 5.41) is 3.43. The molecule has 1 aromatic carbocycles. The molecule has 2 rings (SSSR count). The summed E-state index contributed by atoms with van der Waals surface area (Å²) in [5.41, 5.74) is 2.42. The van der Waals surface area contributed by atoms with Gasteiger partial charge >= 0.3 is 0 Å². The third-order valence-electron chi connectivity index (χ3n) is 2.80. The van der Waals surface area contributed by atoms with Crippen molar-refractivity contribution in [2.24, 2.45) is 0 Å². The average molecular weight is 393 g/mol. The van der Waals surface area contributed by atoms with Gasteiger partial charge in [-0.25, -0.2) is 0 Å². The number of benzene rings is 1. The summed E-state index contributed by atoms with van der Waals surface area (Å²) in [6, 6.07) is 5.76. The second kappa shape index (κ2) is 20.7. The fraction of sp³-hybridized carbons (Fsp3) is 0.478. The fourth-order valence-electron chi connectivity index (χ4n) is 1.78. The molecule has 0 saturated carbocycles. The van der Waals surface area contributed by atoms with Crippen molar-refractivity contribution in [1.82, 2.24) is 4.98 Å². The third kappa shape index (κ3) is 11.2. The topological polar surface area (TPSA) is 71.2 Å². The lowest BCUT2D eigenvalue weighted by Crippen LogP contribution is -2.19. The normalized spacial score (nSPS) is 8.64. The number of hydrogen-bond donors (Lipinski definition) is 2. The number of Topliss-reactive ketones (excluding diaryl/α,β-unsaturated/α-hetero) is 1. The zero-order valence-corrected chi connectivity index (χ0v) is 19.4. The smallest absolute Gasteiger partial charge is 0.291 e. The number of ether oxygens (including phenoxy) is 1. The minimum absolute atomic E-state index is 0.522. The number of anilines is 1. The van der Waals surface area contributed by atoms with Gasteiger partial charge in [-0.1, -0.05) is 61.5 Å². The Morgan fingerprint density at radius 1 is 1.04 bits per heavy atom. The predicted octanol–water partition coefficient (Wildman–Crippen LogP) is 6.81. The lowest BCUT2D eigenvalue weighted by Gasteiger charge is -2.01. The predicted molar refractivity (Wildman–Crippen MR) is 124 cm³/mol. The van der Waals surface area contributed by atoms with Crippen LogP contribution in [0, 0.1) is 0 Å². The first kappa shape index (κ1) is 30.2. The Balaban J connectivity index is -0.000000695. The van der Waals surface area contributed by atoms with Gasteiger partial charge in [-0.2, -0.15) is 0 Å². The molecule has 5 nitrogen and oxygen atoms in total. The SMILES string of the molecule is CC.CC.CC.CC.CCO/C=C/c1ccc2[nH]cc(NC(=O)C(C)=O)c2c1. The summed E-state index contributed by atoms with van der Waals surface area (Å²) in [6.45, 7) is 19.8. The van der Waals surface area contributed by atoms with Crippen LogP contribution >= 0.6 is 0 Å². The molecule has 0 unspecified atom stereocenters. The van der Waals surface area contributed by atoms with Crippen molar-refractivity contribution >= 4 is 34.4 Å². The van der Waals surface area contributed by atoms with E-state index in [0.717, 1.165) is 16.5 Å². The molecule has 1 aromatic heterocycles. The first-order valence-electron chi connectivity index (χ1n) is 10.3. The van der Waals surface area contributed by atoms with Crippen LogP contribution < -0.4 is 5.32 Å². The molecule has 1 heterocycles. The number of carbonyl (C=O) groups is 2. The molecular weight excluding hydrogens is 352 g/mol. The molecule has 0 saturated heterocycles. The van der Waals surface area contributed by atoms with Crippen LogP contribution in [0.4, 0.5) is 5.69 Å². The zero-order valence-electron chi connectivity index (χ0n) is 19.4. The minimum atomic E-state index is -0.624. The molecule has 0 bridgehead atoms. The van der Waals surface area contributed by atoms with E-state index < -0.39 is 11.7 Å². The summed E-state index contributed by atoms with van der Waals surface area (Å²) < 4.78 is 5.15. The van der Waals surface area contributed by atoms with E-state index in [-0.39, 0.29) is 0 Å². The van der Waals surface area contributed by atoms with Gasteiger partial charge in [0.25, 0.3) is 5.91 Å². The molecule has 2 aromatic rings. The van der Waals surface area contributed by atoms with Crippen LogP contribution in [0.5, 0.6) is 0 Å². The highest BCUT2D eigenvalue weighted by atomic mass is 16.5. The third-order valence-corrected chi connectivity index (χ3v) is 2.80. The van der Waals surface area contributed by atoms with Gasteiger partial charge < -0.3 is 15.0 Å². The Morgan fingerprint density at radius 3 is 2.11 bits per heavy atom. The highest BCUT2D eigenvalue weighted by Crippen LogP contribution is 2.24. The number of H-pyrrole nitrogens is 1. The van der Waals surface area contributed by atoms with Gasteiger partial charge in [0.1, 0.15) is 0 Å². The summed E-state index contributed by atoms with van der Waals surface area (Å²) >= 11 is 0. The van der Waals surface area contributed by atoms with Gasteiger partial charge in [0.05, 0.1) is 18.6 Å². The number of hydrogen-bond acceptors (Lipinski definition) is 3. The summed E-state index contributed by atoms with van der Waals surface area (Å²) in [7, 11) is 0. The first-order valence-corrected chi connectivity index (χ1v) is 10.3. The molecule has 0 atom stereocenters. The van der Waals surface area contributed by atoms with E-state index in [1.807, 2.05) is 86.6 Å². The Bertz CT molecular complexity index is 674. The van der Waals surface area contributed by atoms with Crippen molar-refractivity contribution in [2.45, 2.75) is 69.2 Å². The largest absolute Gasteiger partial charge is 0.501 e. The van der Waals surface area contributed by atoms with Crippen LogP contribution in [0.25, 0.3) is 17.0 Å². The number of fused-ring (bicyclic) bond motifs is 1. The maximum absolute atomic E-state index is 11.4. The first-order chi connectivity index (χ1) is 13.6. The Morgan fingerprint density at radius 2 is 1.61 bits per heavy atom. The summed E-state index contributed by atoms with van der Waals surface area (Å²) in [5.74, 6) is -1.15. The second-order valence-electron chi connectivity index (χ2n) is 4.28. The van der Waals surface area contributed by atoms with E-state index in [4.69, 9.17) is 4.74 Å². The highest BCUT2D eigenvalue weighted by molar-refractivity contribution is 6.40. The minimum Gasteiger partial charge on any atom is -0.501 e. The van der Waals surface area contributed by atoms with Gasteiger partial charge in [0, 0.05) is 24.0 Å². The van der Waals surface area contributed by atoms with Crippen LogP contribution in [-0.4, -0.2) is 23.3 Å². The van der Waals surface area contributed by atoms with Gasteiger partial charge in [-0.15, -0.1) is 0 Å². The number of amides is 1. The van der Waals surface area contributed by atoms with Crippen LogP contribution in [-0.2, 0) is 14.3 Å². The molecule has 160 valence electrons. The summed E-state index contributed by atoms with van der Waals surface area (Å²) in [6.07, 6.45) is 5.13. The van der Waals surface area contributed by atoms with E-state index in [0.29, 0.717) is 12.3 Å². The molecule has 0 spiro atoms. The molecule has 0 aliphatic heterocycles. The number of aromatic nitrogens is 1. The van der Waals surface area contributed by atoms with E-state index in [1.165, 1.54) is 6.92 Å². The van der Waals surface area contributed by atoms with Crippen molar-refractivity contribution in [3.8, 4) is 0 Å². The number of ketones is 1. The van der Waals surface area contributed by atoms with E-state index in [9.17, 15) is 9.59 Å². The van der Waals surface area contributed by atoms with Crippen LogP contribution in [0.1, 0.15) is 74.8 Å². The maximum Gasteiger partial charge on any atom is 0.291 e. The molecule has 1 amide bonds. The number of nitrogens with one attached hydrogen (secondary N) is 2. The standard InChI is InChI=1S/C15H16N2O3.4C2H6/c1-3-20-7-6-11-4-5-13-12(8-11)14(9-16-13)17-15(19)10(2)18;4*1-2/h4-9,16H,3H2,1-2H3,(H,17,19);4*1-2H3/b7-6+;;;;. The molecule has 0 radical (unpaired) electrons. The van der Waals surface area contributed by atoms with Gasteiger partial charge in [-0.3, -0.25) is 9.59 Å². The van der Waals surface area contributed by atoms with Crippen LogP contribution in [0.2, 0.25) is 0 Å². The maximum atomic E-state index is 11.4. The quantitative estimate of drug-likeness (QED) is 0.434. The van der Waals surface area contributed by atoms with Crippen molar-refractivity contribution in [1.29, 1.82) is 0 Å². The second-order valence-corrected chi connectivity index (χ2v) is 4.28. The van der Waals surface area contributed by atoms with Crippen molar-refractivity contribution < 1.29 is 14.3 Å². The average Bonchev–Trinajstić information content (AvgIpc) is 3.16. The zero-order chi connectivity index (χ0) is 22.5. The summed E-state index contributed by atoms with van der Waals surface area (Å²) in [4.78, 5) is 25.5. The molecule has 5 heteroatoms. The lowest BCUT2D eigenvalue weighted by molar-refractivity contribution is -0.133. The molecule has 0 fully saturated rings. The van der Waals surface area contributed by atoms with Crippen molar-refractivity contribution in [3.63, 3.8) is 0 Å². The number of aromatic amines is 1. The van der Waals surface area contributed by atoms with Gasteiger partial charge in [0.15, 0.2) is 0 Å². The van der Waals surface area contributed by atoms with Crippen LogP contribution in [0.3, 0.4) is 0 Å². The fourth-order valence-corrected chi connectivity index (χ4v) is 1.78. The number of rotatable bonds is 5. The van der Waals surface area contributed by atoms with Crippen LogP contribution in [0.15, 0.2) is 30.7 Å².